The number of ether oxygens (including phenoxy) is 1. The van der Waals surface area contributed by atoms with Crippen molar-refractivity contribution in [3.05, 3.63) is 29.3 Å². The first-order chi connectivity index (χ1) is 10.1. The number of nitrogens with one attached hydrogen (secondary N) is 1. The lowest BCUT2D eigenvalue weighted by molar-refractivity contribution is -0.145. The van der Waals surface area contributed by atoms with Crippen LogP contribution in [0.2, 0.25) is 0 Å². The SMILES string of the molecule is CCOC(=O)CC(=O)Nc1ccc(C(=O)O)c(C(C)(C)C)c1. The molecule has 0 saturated heterocycles. The molecule has 22 heavy (non-hydrogen) atoms. The predicted molar refractivity (Wildman–Crippen MR) is 82.0 cm³/mol. The lowest BCUT2D eigenvalue weighted by Crippen LogP contribution is -2.20. The Bertz CT molecular complexity index is 587. The quantitative estimate of drug-likeness (QED) is 0.644. The van der Waals surface area contributed by atoms with E-state index < -0.39 is 23.3 Å². The van der Waals surface area contributed by atoms with E-state index in [1.54, 1.807) is 13.0 Å². The molecule has 0 bridgehead atoms. The monoisotopic (exact) mass is 307 g/mol. The first-order valence-corrected chi connectivity index (χ1v) is 6.98. The average Bonchev–Trinajstić information content (AvgIpc) is 2.37. The van der Waals surface area contributed by atoms with Crippen LogP contribution in [0.5, 0.6) is 0 Å². The van der Waals surface area contributed by atoms with Gasteiger partial charge in [0.05, 0.1) is 12.2 Å². The number of rotatable bonds is 5. The van der Waals surface area contributed by atoms with Crippen molar-refractivity contribution < 1.29 is 24.2 Å². The number of benzene rings is 1. The number of hydrogen-bond acceptors (Lipinski definition) is 4. The summed E-state index contributed by atoms with van der Waals surface area (Å²) in [7, 11) is 0. The van der Waals surface area contributed by atoms with E-state index in [0.717, 1.165) is 0 Å². The number of carboxylic acids is 1. The van der Waals surface area contributed by atoms with E-state index in [2.05, 4.69) is 5.32 Å². The zero-order chi connectivity index (χ0) is 16.9. The molecule has 120 valence electrons. The number of carboxylic acid groups (broad SMARTS) is 1. The first-order valence-electron chi connectivity index (χ1n) is 6.98. The maximum absolute atomic E-state index is 11.7. The second-order valence-corrected chi connectivity index (χ2v) is 5.85. The summed E-state index contributed by atoms with van der Waals surface area (Å²) in [5.41, 5.74) is 0.851. The Morgan fingerprint density at radius 3 is 2.36 bits per heavy atom. The number of aromatic carboxylic acids is 1. The topological polar surface area (TPSA) is 92.7 Å². The van der Waals surface area contributed by atoms with Gasteiger partial charge >= 0.3 is 11.9 Å². The molecular weight excluding hydrogens is 286 g/mol. The highest BCUT2D eigenvalue weighted by atomic mass is 16.5. The summed E-state index contributed by atoms with van der Waals surface area (Å²) in [5, 5.41) is 11.8. The summed E-state index contributed by atoms with van der Waals surface area (Å²) >= 11 is 0. The third-order valence-electron chi connectivity index (χ3n) is 2.95. The fourth-order valence-corrected chi connectivity index (χ4v) is 1.98. The Labute approximate surface area is 129 Å². The highest BCUT2D eigenvalue weighted by Gasteiger charge is 2.22. The van der Waals surface area contributed by atoms with Crippen molar-refractivity contribution in [1.29, 1.82) is 0 Å². The van der Waals surface area contributed by atoms with E-state index in [-0.39, 0.29) is 18.6 Å². The first kappa shape index (κ1) is 17.7. The van der Waals surface area contributed by atoms with Crippen molar-refractivity contribution in [3.8, 4) is 0 Å². The van der Waals surface area contributed by atoms with E-state index in [0.29, 0.717) is 11.3 Å². The van der Waals surface area contributed by atoms with Gasteiger partial charge < -0.3 is 15.2 Å². The maximum atomic E-state index is 11.7. The molecule has 0 saturated carbocycles. The predicted octanol–water partition coefficient (Wildman–Crippen LogP) is 2.57. The van der Waals surface area contributed by atoms with E-state index >= 15 is 0 Å². The van der Waals surface area contributed by atoms with Crippen molar-refractivity contribution in [3.63, 3.8) is 0 Å². The second kappa shape index (κ2) is 7.06. The normalized spacial score (nSPS) is 10.9. The zero-order valence-electron chi connectivity index (χ0n) is 13.2. The van der Waals surface area contributed by atoms with E-state index in [9.17, 15) is 19.5 Å². The van der Waals surface area contributed by atoms with Crippen LogP contribution in [0, 0.1) is 0 Å². The number of amides is 1. The van der Waals surface area contributed by atoms with E-state index in [1.807, 2.05) is 20.8 Å². The second-order valence-electron chi connectivity index (χ2n) is 5.85. The third-order valence-corrected chi connectivity index (χ3v) is 2.95. The Morgan fingerprint density at radius 1 is 1.23 bits per heavy atom. The standard InChI is InChI=1S/C16H21NO5/c1-5-22-14(19)9-13(18)17-10-6-7-11(15(20)21)12(8-10)16(2,3)4/h6-8H,5,9H2,1-4H3,(H,17,18)(H,20,21). The number of carbonyl (C=O) groups is 3. The van der Waals surface area contributed by atoms with Gasteiger partial charge in [-0.15, -0.1) is 0 Å². The minimum absolute atomic E-state index is 0.191. The number of anilines is 1. The summed E-state index contributed by atoms with van der Waals surface area (Å²) < 4.78 is 4.70. The molecule has 0 aliphatic carbocycles. The fraction of sp³-hybridized carbons (Fsp3) is 0.438. The smallest absolute Gasteiger partial charge is 0.335 e. The zero-order valence-corrected chi connectivity index (χ0v) is 13.2. The summed E-state index contributed by atoms with van der Waals surface area (Å²) in [6.07, 6.45) is -0.376. The van der Waals surface area contributed by atoms with E-state index in [1.165, 1.54) is 12.1 Å². The van der Waals surface area contributed by atoms with Crippen molar-refractivity contribution in [2.24, 2.45) is 0 Å². The molecule has 0 aliphatic heterocycles. The van der Waals surface area contributed by atoms with Crippen molar-refractivity contribution in [1.82, 2.24) is 0 Å². The highest BCUT2D eigenvalue weighted by molar-refractivity contribution is 6.02. The summed E-state index contributed by atoms with van der Waals surface area (Å²) in [4.78, 5) is 34.3. The van der Waals surface area contributed by atoms with Gasteiger partial charge in [-0.25, -0.2) is 4.79 Å². The van der Waals surface area contributed by atoms with Crippen LogP contribution >= 0.6 is 0 Å². The van der Waals surface area contributed by atoms with Crippen LogP contribution in [0.4, 0.5) is 5.69 Å². The molecule has 6 heteroatoms. The maximum Gasteiger partial charge on any atom is 0.335 e. The van der Waals surface area contributed by atoms with Crippen LogP contribution in [0.1, 0.15) is 50.0 Å². The van der Waals surface area contributed by atoms with Crippen molar-refractivity contribution in [2.75, 3.05) is 11.9 Å². The molecular formula is C16H21NO5. The molecule has 1 rings (SSSR count). The van der Waals surface area contributed by atoms with Crippen LogP contribution in [0.3, 0.4) is 0 Å². The van der Waals surface area contributed by atoms with Gasteiger partial charge in [-0.3, -0.25) is 9.59 Å². The molecule has 0 fully saturated rings. The van der Waals surface area contributed by atoms with Crippen LogP contribution in [0.25, 0.3) is 0 Å². The molecule has 0 heterocycles. The molecule has 0 aromatic heterocycles. The molecule has 2 N–H and O–H groups in total. The van der Waals surface area contributed by atoms with Gasteiger partial charge in [0.2, 0.25) is 5.91 Å². The number of esters is 1. The Hall–Kier alpha value is -2.37. The third kappa shape index (κ3) is 4.87. The molecule has 0 aliphatic rings. The Morgan fingerprint density at radius 2 is 1.86 bits per heavy atom. The van der Waals surface area contributed by atoms with E-state index in [4.69, 9.17) is 4.74 Å². The Balaban J connectivity index is 2.96. The van der Waals surface area contributed by atoms with Gasteiger partial charge in [0.25, 0.3) is 0 Å². The molecule has 6 nitrogen and oxygen atoms in total. The van der Waals surface area contributed by atoms with Crippen molar-refractivity contribution >= 4 is 23.5 Å². The van der Waals surface area contributed by atoms with Crippen LogP contribution in [0.15, 0.2) is 18.2 Å². The molecule has 0 atom stereocenters. The van der Waals surface area contributed by atoms with Gasteiger partial charge in [0.15, 0.2) is 0 Å². The summed E-state index contributed by atoms with van der Waals surface area (Å²) in [6.45, 7) is 7.54. The van der Waals surface area contributed by atoms with Gasteiger partial charge in [-0.2, -0.15) is 0 Å². The minimum Gasteiger partial charge on any atom is -0.478 e. The minimum atomic E-state index is -1.02. The largest absolute Gasteiger partial charge is 0.478 e. The van der Waals surface area contributed by atoms with Crippen molar-refractivity contribution in [2.45, 2.75) is 39.5 Å². The molecule has 0 radical (unpaired) electrons. The average molecular weight is 307 g/mol. The van der Waals surface area contributed by atoms with Gasteiger partial charge in [-0.05, 0) is 36.1 Å². The fourth-order valence-electron chi connectivity index (χ4n) is 1.98. The molecule has 1 amide bonds. The van der Waals surface area contributed by atoms with Gasteiger partial charge in [0, 0.05) is 5.69 Å². The summed E-state index contributed by atoms with van der Waals surface area (Å²) in [5.74, 6) is -2.12. The van der Waals surface area contributed by atoms with Crippen LogP contribution in [-0.4, -0.2) is 29.6 Å². The highest BCUT2D eigenvalue weighted by Crippen LogP contribution is 2.28. The molecule has 0 unspecified atom stereocenters. The summed E-state index contributed by atoms with van der Waals surface area (Å²) in [6, 6.07) is 4.57. The number of hydrogen-bond donors (Lipinski definition) is 2. The van der Waals surface area contributed by atoms with Crippen LogP contribution < -0.4 is 5.32 Å². The van der Waals surface area contributed by atoms with Crippen LogP contribution in [-0.2, 0) is 19.7 Å². The lowest BCUT2D eigenvalue weighted by Gasteiger charge is -2.22. The molecule has 1 aromatic carbocycles. The lowest BCUT2D eigenvalue weighted by atomic mass is 9.83. The molecule has 0 spiro atoms. The van der Waals surface area contributed by atoms with Gasteiger partial charge in [0.1, 0.15) is 6.42 Å². The number of carbonyl (C=O) groups excluding carboxylic acids is 2. The Kier molecular flexibility index (Phi) is 5.68. The molecule has 1 aromatic rings. The van der Waals surface area contributed by atoms with Gasteiger partial charge in [-0.1, -0.05) is 20.8 Å².